The van der Waals surface area contributed by atoms with Crippen molar-refractivity contribution in [3.8, 4) is 0 Å². The van der Waals surface area contributed by atoms with E-state index in [1.54, 1.807) is 0 Å². The zero-order chi connectivity index (χ0) is 14.7. The van der Waals surface area contributed by atoms with Gasteiger partial charge in [-0.15, -0.1) is 11.3 Å². The van der Waals surface area contributed by atoms with Crippen LogP contribution in [0.25, 0.3) is 0 Å². The van der Waals surface area contributed by atoms with Crippen molar-refractivity contribution < 1.29 is 4.79 Å². The maximum absolute atomic E-state index is 11.7. The highest BCUT2D eigenvalue weighted by Gasteiger charge is 2.12. The highest BCUT2D eigenvalue weighted by Crippen LogP contribution is 2.26. The number of aryl methyl sites for hydroxylation is 1. The average molecular weight is 309 g/mol. The van der Waals surface area contributed by atoms with Crippen molar-refractivity contribution >= 4 is 34.0 Å². The SMILES string of the molecule is Cc1nc(NC(=O)C(C)C)sc1Cc1ccc(Cl)cc1. The van der Waals surface area contributed by atoms with Gasteiger partial charge in [-0.1, -0.05) is 37.6 Å². The fraction of sp³-hybridized carbons (Fsp3) is 0.333. The molecule has 1 aromatic heterocycles. The molecular formula is C15H17ClN2OS. The minimum atomic E-state index is -0.0427. The zero-order valence-electron chi connectivity index (χ0n) is 11.7. The topological polar surface area (TPSA) is 42.0 Å². The van der Waals surface area contributed by atoms with E-state index in [-0.39, 0.29) is 11.8 Å². The van der Waals surface area contributed by atoms with Crippen molar-refractivity contribution in [1.29, 1.82) is 0 Å². The van der Waals surface area contributed by atoms with Crippen molar-refractivity contribution in [2.45, 2.75) is 27.2 Å². The third-order valence-corrected chi connectivity index (χ3v) is 4.25. The van der Waals surface area contributed by atoms with Crippen LogP contribution in [-0.2, 0) is 11.2 Å². The molecule has 1 heterocycles. The Bertz CT molecular complexity index is 605. The lowest BCUT2D eigenvalue weighted by Gasteiger charge is -2.03. The van der Waals surface area contributed by atoms with Crippen LogP contribution in [0.2, 0.25) is 5.02 Å². The van der Waals surface area contributed by atoms with Gasteiger partial charge < -0.3 is 5.32 Å². The number of hydrogen-bond acceptors (Lipinski definition) is 3. The summed E-state index contributed by atoms with van der Waals surface area (Å²) in [5.74, 6) is -0.0456. The van der Waals surface area contributed by atoms with Gasteiger partial charge in [0.05, 0.1) is 5.69 Å². The summed E-state index contributed by atoms with van der Waals surface area (Å²) in [6.07, 6.45) is 0.804. The second-order valence-electron chi connectivity index (χ2n) is 4.97. The van der Waals surface area contributed by atoms with Gasteiger partial charge in [-0.3, -0.25) is 4.79 Å². The molecule has 3 nitrogen and oxygen atoms in total. The lowest BCUT2D eigenvalue weighted by Crippen LogP contribution is -2.17. The summed E-state index contributed by atoms with van der Waals surface area (Å²) < 4.78 is 0. The lowest BCUT2D eigenvalue weighted by atomic mass is 10.1. The maximum Gasteiger partial charge on any atom is 0.228 e. The molecule has 1 N–H and O–H groups in total. The molecule has 0 aliphatic rings. The number of nitrogens with zero attached hydrogens (tertiary/aromatic N) is 1. The summed E-state index contributed by atoms with van der Waals surface area (Å²) >= 11 is 7.41. The van der Waals surface area contributed by atoms with Crippen LogP contribution in [0.1, 0.15) is 30.0 Å². The number of halogens is 1. The molecule has 5 heteroatoms. The third-order valence-electron chi connectivity index (χ3n) is 2.93. The van der Waals surface area contributed by atoms with Crippen molar-refractivity contribution in [2.24, 2.45) is 5.92 Å². The van der Waals surface area contributed by atoms with Crippen LogP contribution in [0.4, 0.5) is 5.13 Å². The van der Waals surface area contributed by atoms with E-state index in [0.717, 1.165) is 22.0 Å². The van der Waals surface area contributed by atoms with Crippen LogP contribution in [0, 0.1) is 12.8 Å². The zero-order valence-corrected chi connectivity index (χ0v) is 13.3. The molecule has 106 valence electrons. The largest absolute Gasteiger partial charge is 0.302 e. The Kier molecular flexibility index (Phi) is 4.78. The molecule has 0 radical (unpaired) electrons. The molecule has 1 aromatic carbocycles. The lowest BCUT2D eigenvalue weighted by molar-refractivity contribution is -0.118. The monoisotopic (exact) mass is 308 g/mol. The number of thiazole rings is 1. The molecular weight excluding hydrogens is 292 g/mol. The van der Waals surface area contributed by atoms with Gasteiger partial charge >= 0.3 is 0 Å². The molecule has 0 unspecified atom stereocenters. The molecule has 0 aliphatic heterocycles. The van der Waals surface area contributed by atoms with Gasteiger partial charge in [0, 0.05) is 22.2 Å². The Morgan fingerprint density at radius 3 is 2.60 bits per heavy atom. The molecule has 2 aromatic rings. The standard InChI is InChI=1S/C15H17ClN2OS/c1-9(2)14(19)18-15-17-10(3)13(20-15)8-11-4-6-12(16)7-5-11/h4-7,9H,8H2,1-3H3,(H,17,18,19). The number of carbonyl (C=O) groups is 1. The van der Waals surface area contributed by atoms with Crippen LogP contribution in [0.5, 0.6) is 0 Å². The van der Waals surface area contributed by atoms with Gasteiger partial charge in [0.2, 0.25) is 5.91 Å². The van der Waals surface area contributed by atoms with Crippen LogP contribution >= 0.6 is 22.9 Å². The van der Waals surface area contributed by atoms with Crippen molar-refractivity contribution in [2.75, 3.05) is 5.32 Å². The first-order valence-electron chi connectivity index (χ1n) is 6.47. The van der Waals surface area contributed by atoms with E-state index in [1.165, 1.54) is 16.9 Å². The van der Waals surface area contributed by atoms with E-state index in [9.17, 15) is 4.79 Å². The molecule has 0 atom stereocenters. The minimum Gasteiger partial charge on any atom is -0.302 e. The summed E-state index contributed by atoms with van der Waals surface area (Å²) in [5, 5.41) is 4.25. The number of benzene rings is 1. The number of nitrogens with one attached hydrogen (secondary N) is 1. The van der Waals surface area contributed by atoms with Gasteiger partial charge in [0.1, 0.15) is 0 Å². The van der Waals surface area contributed by atoms with E-state index >= 15 is 0 Å². The van der Waals surface area contributed by atoms with E-state index in [4.69, 9.17) is 11.6 Å². The summed E-state index contributed by atoms with van der Waals surface area (Å²) in [6.45, 7) is 5.70. The smallest absolute Gasteiger partial charge is 0.228 e. The van der Waals surface area contributed by atoms with Crippen molar-refractivity contribution in [3.63, 3.8) is 0 Å². The summed E-state index contributed by atoms with van der Waals surface area (Å²) in [5.41, 5.74) is 2.15. The molecule has 2 rings (SSSR count). The average Bonchev–Trinajstić information content (AvgIpc) is 2.72. The van der Waals surface area contributed by atoms with Gasteiger partial charge in [-0.25, -0.2) is 4.98 Å². The summed E-state index contributed by atoms with van der Waals surface area (Å²) in [6, 6.07) is 7.78. The van der Waals surface area contributed by atoms with Crippen LogP contribution in [0.15, 0.2) is 24.3 Å². The number of rotatable bonds is 4. The molecule has 0 saturated carbocycles. The first-order valence-corrected chi connectivity index (χ1v) is 7.66. The van der Waals surface area contributed by atoms with E-state index in [1.807, 2.05) is 45.0 Å². The van der Waals surface area contributed by atoms with E-state index in [2.05, 4.69) is 10.3 Å². The molecule has 1 amide bonds. The van der Waals surface area contributed by atoms with Gasteiger partial charge in [0.15, 0.2) is 5.13 Å². The van der Waals surface area contributed by atoms with Crippen LogP contribution < -0.4 is 5.32 Å². The predicted molar refractivity (Wildman–Crippen MR) is 84.6 cm³/mol. The van der Waals surface area contributed by atoms with Crippen molar-refractivity contribution in [3.05, 3.63) is 45.4 Å². The highest BCUT2D eigenvalue weighted by molar-refractivity contribution is 7.15. The first-order chi connectivity index (χ1) is 9.45. The Balaban J connectivity index is 2.11. The van der Waals surface area contributed by atoms with Crippen LogP contribution in [-0.4, -0.2) is 10.9 Å². The highest BCUT2D eigenvalue weighted by atomic mass is 35.5. The Labute approximate surface area is 128 Å². The summed E-state index contributed by atoms with van der Waals surface area (Å²) in [7, 11) is 0. The predicted octanol–water partition coefficient (Wildman–Crippen LogP) is 4.29. The first kappa shape index (κ1) is 15.0. The fourth-order valence-electron chi connectivity index (χ4n) is 1.68. The quantitative estimate of drug-likeness (QED) is 0.915. The normalized spacial score (nSPS) is 10.8. The number of anilines is 1. The number of aromatic nitrogens is 1. The second-order valence-corrected chi connectivity index (χ2v) is 6.49. The van der Waals surface area contributed by atoms with Gasteiger partial charge in [0.25, 0.3) is 0 Å². The Morgan fingerprint density at radius 2 is 2.00 bits per heavy atom. The minimum absolute atomic E-state index is 0.00297. The molecule has 20 heavy (non-hydrogen) atoms. The number of amides is 1. The fourth-order valence-corrected chi connectivity index (χ4v) is 2.81. The number of hydrogen-bond donors (Lipinski definition) is 1. The summed E-state index contributed by atoms with van der Waals surface area (Å²) in [4.78, 5) is 17.2. The van der Waals surface area contributed by atoms with Crippen molar-refractivity contribution in [1.82, 2.24) is 4.98 Å². The molecule has 0 bridgehead atoms. The molecule has 0 aliphatic carbocycles. The second kappa shape index (κ2) is 6.37. The van der Waals surface area contributed by atoms with Gasteiger partial charge in [-0.2, -0.15) is 0 Å². The number of carbonyl (C=O) groups excluding carboxylic acids is 1. The van der Waals surface area contributed by atoms with E-state index in [0.29, 0.717) is 5.13 Å². The third kappa shape index (κ3) is 3.81. The molecule has 0 spiro atoms. The van der Waals surface area contributed by atoms with E-state index < -0.39 is 0 Å². The Morgan fingerprint density at radius 1 is 1.35 bits per heavy atom. The molecule has 0 fully saturated rings. The van der Waals surface area contributed by atoms with Crippen LogP contribution in [0.3, 0.4) is 0 Å². The maximum atomic E-state index is 11.7. The Hall–Kier alpha value is -1.39. The van der Waals surface area contributed by atoms with Gasteiger partial charge in [-0.05, 0) is 24.6 Å². The molecule has 0 saturated heterocycles.